The lowest BCUT2D eigenvalue weighted by molar-refractivity contribution is 0.272. The maximum Gasteiger partial charge on any atom is 0.318 e. The van der Waals surface area contributed by atoms with Crippen LogP contribution >= 0.6 is 0 Å². The summed E-state index contributed by atoms with van der Waals surface area (Å²) in [5.74, 6) is 1.62. The van der Waals surface area contributed by atoms with Gasteiger partial charge in [0.25, 0.3) is 0 Å². The number of fused-ring (bicyclic) bond motifs is 1. The number of nitrogens with zero attached hydrogens (tertiary/aromatic N) is 3. The third-order valence-corrected chi connectivity index (χ3v) is 4.87. The highest BCUT2D eigenvalue weighted by Crippen LogP contribution is 2.31. The standard InChI is InChI=1S/C23H29N3O3/c1-26(18-12-14-19(28-2)15-13-18)22-20-10-6-7-11-21(20)24-23(25-22)29-17-9-5-3-4-8-16-27/h6-7,10-15,27H,3-5,8-9,16-17H2,1-2H3. The van der Waals surface area contributed by atoms with E-state index >= 15 is 0 Å². The molecule has 0 amide bonds. The maximum absolute atomic E-state index is 8.83. The van der Waals surface area contributed by atoms with Crippen molar-refractivity contribution >= 4 is 22.4 Å². The topological polar surface area (TPSA) is 67.7 Å². The van der Waals surface area contributed by atoms with Gasteiger partial charge in [0.1, 0.15) is 11.6 Å². The molecule has 0 fully saturated rings. The second-order valence-corrected chi connectivity index (χ2v) is 6.94. The fourth-order valence-electron chi connectivity index (χ4n) is 3.20. The predicted octanol–water partition coefficient (Wildman–Crippen LogP) is 4.73. The summed E-state index contributed by atoms with van der Waals surface area (Å²) in [4.78, 5) is 11.3. The van der Waals surface area contributed by atoms with Crippen molar-refractivity contribution < 1.29 is 14.6 Å². The van der Waals surface area contributed by atoms with Crippen molar-refractivity contribution in [2.45, 2.75) is 32.1 Å². The molecule has 0 radical (unpaired) electrons. The Hall–Kier alpha value is -2.86. The molecule has 1 aromatic heterocycles. The highest BCUT2D eigenvalue weighted by atomic mass is 16.5. The maximum atomic E-state index is 8.83. The van der Waals surface area contributed by atoms with Gasteiger partial charge in [0.15, 0.2) is 0 Å². The summed E-state index contributed by atoms with van der Waals surface area (Å²) in [7, 11) is 3.65. The Labute approximate surface area is 172 Å². The Kier molecular flexibility index (Phi) is 7.64. The summed E-state index contributed by atoms with van der Waals surface area (Å²) >= 11 is 0. The molecule has 6 heteroatoms. The van der Waals surface area contributed by atoms with Gasteiger partial charge >= 0.3 is 6.01 Å². The Morgan fingerprint density at radius 2 is 1.62 bits per heavy atom. The van der Waals surface area contributed by atoms with Crippen LogP contribution in [0.1, 0.15) is 32.1 Å². The number of hydrogen-bond acceptors (Lipinski definition) is 6. The van der Waals surface area contributed by atoms with Crippen molar-refractivity contribution in [3.05, 3.63) is 48.5 Å². The molecule has 154 valence electrons. The van der Waals surface area contributed by atoms with Crippen LogP contribution in [-0.2, 0) is 0 Å². The monoisotopic (exact) mass is 395 g/mol. The fraction of sp³-hybridized carbons (Fsp3) is 0.391. The third kappa shape index (κ3) is 5.57. The highest BCUT2D eigenvalue weighted by Gasteiger charge is 2.14. The first-order valence-corrected chi connectivity index (χ1v) is 10.1. The largest absolute Gasteiger partial charge is 0.497 e. The number of aromatic nitrogens is 2. The molecular formula is C23H29N3O3. The fourth-order valence-corrected chi connectivity index (χ4v) is 3.20. The van der Waals surface area contributed by atoms with Crippen LogP contribution in [0.25, 0.3) is 10.9 Å². The molecule has 0 bridgehead atoms. The van der Waals surface area contributed by atoms with Gasteiger partial charge in [-0.05, 0) is 49.2 Å². The average Bonchev–Trinajstić information content (AvgIpc) is 2.77. The number of ether oxygens (including phenoxy) is 2. The van der Waals surface area contributed by atoms with E-state index in [1.165, 1.54) is 0 Å². The van der Waals surface area contributed by atoms with E-state index in [1.807, 2.05) is 60.5 Å². The normalized spacial score (nSPS) is 10.9. The quantitative estimate of drug-likeness (QED) is 0.474. The lowest BCUT2D eigenvalue weighted by Gasteiger charge is -2.21. The minimum atomic E-state index is 0.270. The van der Waals surface area contributed by atoms with E-state index in [-0.39, 0.29) is 6.61 Å². The van der Waals surface area contributed by atoms with E-state index in [4.69, 9.17) is 19.6 Å². The lowest BCUT2D eigenvalue weighted by atomic mass is 10.1. The number of aliphatic hydroxyl groups excluding tert-OH is 1. The van der Waals surface area contributed by atoms with E-state index in [9.17, 15) is 0 Å². The molecule has 1 N–H and O–H groups in total. The summed E-state index contributed by atoms with van der Waals surface area (Å²) in [5.41, 5.74) is 1.86. The number of unbranched alkanes of at least 4 members (excludes halogenated alkanes) is 4. The lowest BCUT2D eigenvalue weighted by Crippen LogP contribution is -2.13. The van der Waals surface area contributed by atoms with E-state index in [2.05, 4.69) is 4.98 Å². The first-order valence-electron chi connectivity index (χ1n) is 10.1. The second kappa shape index (κ2) is 10.6. The zero-order valence-corrected chi connectivity index (χ0v) is 17.2. The van der Waals surface area contributed by atoms with E-state index in [0.29, 0.717) is 12.6 Å². The van der Waals surface area contributed by atoms with Gasteiger partial charge in [-0.15, -0.1) is 0 Å². The highest BCUT2D eigenvalue weighted by molar-refractivity contribution is 5.91. The van der Waals surface area contributed by atoms with Crippen LogP contribution in [0.2, 0.25) is 0 Å². The number of anilines is 2. The van der Waals surface area contributed by atoms with Gasteiger partial charge in [-0.1, -0.05) is 31.4 Å². The molecule has 0 saturated carbocycles. The first kappa shape index (κ1) is 20.9. The molecule has 29 heavy (non-hydrogen) atoms. The Balaban J connectivity index is 1.75. The summed E-state index contributed by atoms with van der Waals surface area (Å²) in [5, 5.41) is 9.81. The van der Waals surface area contributed by atoms with Gasteiger partial charge in [0.05, 0.1) is 19.2 Å². The van der Waals surface area contributed by atoms with Gasteiger partial charge in [-0.3, -0.25) is 0 Å². The van der Waals surface area contributed by atoms with Crippen LogP contribution in [0.15, 0.2) is 48.5 Å². The smallest absolute Gasteiger partial charge is 0.318 e. The summed E-state index contributed by atoms with van der Waals surface area (Å²) in [6, 6.07) is 16.2. The number of para-hydroxylation sites is 1. The van der Waals surface area contributed by atoms with Crippen molar-refractivity contribution in [3.8, 4) is 11.8 Å². The predicted molar refractivity (Wildman–Crippen MR) is 116 cm³/mol. The van der Waals surface area contributed by atoms with Crippen LogP contribution in [0, 0.1) is 0 Å². The molecule has 3 rings (SSSR count). The molecular weight excluding hydrogens is 366 g/mol. The van der Waals surface area contributed by atoms with Gasteiger partial charge in [0, 0.05) is 24.7 Å². The van der Waals surface area contributed by atoms with E-state index < -0.39 is 0 Å². The van der Waals surface area contributed by atoms with Gasteiger partial charge in [-0.25, -0.2) is 0 Å². The van der Waals surface area contributed by atoms with Crippen LogP contribution in [0.3, 0.4) is 0 Å². The number of rotatable bonds is 11. The van der Waals surface area contributed by atoms with Gasteiger partial charge in [-0.2, -0.15) is 9.97 Å². The molecule has 3 aromatic rings. The molecule has 0 unspecified atom stereocenters. The summed E-state index contributed by atoms with van der Waals surface area (Å²) < 4.78 is 11.1. The Morgan fingerprint density at radius 3 is 2.38 bits per heavy atom. The van der Waals surface area contributed by atoms with E-state index in [1.54, 1.807) is 7.11 Å². The van der Waals surface area contributed by atoms with Gasteiger partial charge in [0.2, 0.25) is 0 Å². The van der Waals surface area contributed by atoms with Crippen molar-refractivity contribution in [2.24, 2.45) is 0 Å². The molecule has 1 heterocycles. The number of benzene rings is 2. The number of aliphatic hydroxyl groups is 1. The first-order chi connectivity index (χ1) is 14.2. The minimum absolute atomic E-state index is 0.270. The van der Waals surface area contributed by atoms with Crippen LogP contribution in [-0.4, -0.2) is 42.4 Å². The van der Waals surface area contributed by atoms with Crippen LogP contribution in [0.4, 0.5) is 11.5 Å². The Bertz CT molecular complexity index is 900. The summed E-state index contributed by atoms with van der Waals surface area (Å²) in [6.45, 7) is 0.856. The molecule has 0 atom stereocenters. The molecule has 0 aliphatic rings. The number of hydrogen-bond donors (Lipinski definition) is 1. The van der Waals surface area contributed by atoms with Crippen molar-refractivity contribution in [1.82, 2.24) is 9.97 Å². The molecule has 2 aromatic carbocycles. The third-order valence-electron chi connectivity index (χ3n) is 4.87. The van der Waals surface area contributed by atoms with Crippen molar-refractivity contribution in [3.63, 3.8) is 0 Å². The van der Waals surface area contributed by atoms with Gasteiger partial charge < -0.3 is 19.5 Å². The zero-order chi connectivity index (χ0) is 20.5. The van der Waals surface area contributed by atoms with E-state index in [0.717, 1.165) is 60.3 Å². The van der Waals surface area contributed by atoms with Crippen LogP contribution in [0.5, 0.6) is 11.8 Å². The SMILES string of the molecule is COc1ccc(N(C)c2nc(OCCCCCCCO)nc3ccccc23)cc1. The Morgan fingerprint density at radius 1 is 0.897 bits per heavy atom. The average molecular weight is 396 g/mol. The minimum Gasteiger partial charge on any atom is -0.497 e. The molecule has 0 spiro atoms. The second-order valence-electron chi connectivity index (χ2n) is 6.94. The van der Waals surface area contributed by atoms with Crippen LogP contribution < -0.4 is 14.4 Å². The van der Waals surface area contributed by atoms with Crippen molar-refractivity contribution in [2.75, 3.05) is 32.3 Å². The zero-order valence-electron chi connectivity index (χ0n) is 17.2. The molecule has 6 nitrogen and oxygen atoms in total. The van der Waals surface area contributed by atoms with Crippen molar-refractivity contribution in [1.29, 1.82) is 0 Å². The molecule has 0 aliphatic carbocycles. The number of methoxy groups -OCH3 is 1. The molecule has 0 aliphatic heterocycles. The molecule has 0 saturated heterocycles. The summed E-state index contributed by atoms with van der Waals surface area (Å²) in [6.07, 6.45) is 5.06.